The van der Waals surface area contributed by atoms with Crippen LogP contribution in [0.25, 0.3) is 0 Å². The molecule has 0 saturated heterocycles. The van der Waals surface area contributed by atoms with Gasteiger partial charge in [-0.3, -0.25) is 0 Å². The topological polar surface area (TPSA) is 68.2 Å². The van der Waals surface area contributed by atoms with Crippen molar-refractivity contribution in [3.8, 4) is 0 Å². The van der Waals surface area contributed by atoms with E-state index in [1.54, 1.807) is 0 Å². The van der Waals surface area contributed by atoms with Crippen molar-refractivity contribution in [2.45, 2.75) is 40.8 Å². The van der Waals surface area contributed by atoms with E-state index in [-0.39, 0.29) is 0 Å². The van der Waals surface area contributed by atoms with Crippen molar-refractivity contribution in [3.63, 3.8) is 0 Å². The van der Waals surface area contributed by atoms with E-state index in [1.807, 2.05) is 12.4 Å². The summed E-state index contributed by atoms with van der Waals surface area (Å²) >= 11 is 0. The van der Waals surface area contributed by atoms with Gasteiger partial charge in [-0.2, -0.15) is 0 Å². The lowest BCUT2D eigenvalue weighted by molar-refractivity contribution is 0.507. The van der Waals surface area contributed by atoms with Gasteiger partial charge in [0.25, 0.3) is 0 Å². The van der Waals surface area contributed by atoms with Crippen LogP contribution in [-0.4, -0.2) is 22.1 Å². The number of aliphatic imine (C=N–C) groups is 1. The Morgan fingerprint density at radius 1 is 1.39 bits per heavy atom. The van der Waals surface area contributed by atoms with Gasteiger partial charge in [-0.15, -0.1) is 0 Å². The molecular formula is C13H25N5. The molecule has 5 heteroatoms. The summed E-state index contributed by atoms with van der Waals surface area (Å²) in [5.41, 5.74) is 5.79. The molecule has 0 aliphatic rings. The lowest BCUT2D eigenvalue weighted by atomic mass is 10.2. The number of guanidine groups is 1. The van der Waals surface area contributed by atoms with E-state index < -0.39 is 0 Å². The molecule has 5 nitrogen and oxygen atoms in total. The van der Waals surface area contributed by atoms with E-state index in [0.717, 1.165) is 18.9 Å². The summed E-state index contributed by atoms with van der Waals surface area (Å²) < 4.78 is 2.13. The lowest BCUT2D eigenvalue weighted by Crippen LogP contribution is -2.34. The van der Waals surface area contributed by atoms with Gasteiger partial charge in [0.15, 0.2) is 5.96 Å². The minimum Gasteiger partial charge on any atom is -0.370 e. The fraction of sp³-hybridized carbons (Fsp3) is 0.692. The van der Waals surface area contributed by atoms with Gasteiger partial charge < -0.3 is 15.6 Å². The number of nitrogens with zero attached hydrogens (tertiary/aromatic N) is 3. The normalized spacial score (nSPS) is 12.4. The molecule has 1 heterocycles. The standard InChI is InChI=1S/C13H25N5/c1-10(2)7-16-13(14)17-8-12-15-5-6-18(12)9-11(3)4/h5-6,10-11H,7-9H2,1-4H3,(H3,14,16,17). The van der Waals surface area contributed by atoms with Gasteiger partial charge in [-0.1, -0.05) is 27.7 Å². The van der Waals surface area contributed by atoms with Crippen LogP contribution in [0.2, 0.25) is 0 Å². The Morgan fingerprint density at radius 2 is 2.11 bits per heavy atom. The van der Waals surface area contributed by atoms with E-state index >= 15 is 0 Å². The predicted octanol–water partition coefficient (Wildman–Crippen LogP) is 1.60. The summed E-state index contributed by atoms with van der Waals surface area (Å²) in [6, 6.07) is 0. The minimum absolute atomic E-state index is 0.489. The Balaban J connectivity index is 2.51. The number of aromatic nitrogens is 2. The zero-order chi connectivity index (χ0) is 13.5. The molecule has 3 N–H and O–H groups in total. The Bertz CT molecular complexity index is 378. The van der Waals surface area contributed by atoms with E-state index in [1.165, 1.54) is 0 Å². The van der Waals surface area contributed by atoms with Crippen LogP contribution in [-0.2, 0) is 13.1 Å². The smallest absolute Gasteiger partial charge is 0.189 e. The van der Waals surface area contributed by atoms with Crippen LogP contribution in [0.5, 0.6) is 0 Å². The molecule has 0 atom stereocenters. The molecule has 0 spiro atoms. The van der Waals surface area contributed by atoms with Gasteiger partial charge in [0.2, 0.25) is 0 Å². The first-order valence-electron chi connectivity index (χ1n) is 6.52. The zero-order valence-electron chi connectivity index (χ0n) is 11.8. The van der Waals surface area contributed by atoms with Crippen molar-refractivity contribution in [3.05, 3.63) is 18.2 Å². The van der Waals surface area contributed by atoms with Crippen molar-refractivity contribution < 1.29 is 0 Å². The van der Waals surface area contributed by atoms with Crippen LogP contribution in [0.3, 0.4) is 0 Å². The molecule has 18 heavy (non-hydrogen) atoms. The Kier molecular flexibility index (Phi) is 5.68. The molecule has 0 radical (unpaired) electrons. The van der Waals surface area contributed by atoms with Crippen LogP contribution in [0.4, 0.5) is 0 Å². The van der Waals surface area contributed by atoms with Crippen LogP contribution < -0.4 is 11.1 Å². The summed E-state index contributed by atoms with van der Waals surface area (Å²) in [4.78, 5) is 8.62. The zero-order valence-corrected chi connectivity index (χ0v) is 11.8. The maximum Gasteiger partial charge on any atom is 0.189 e. The third-order valence-corrected chi connectivity index (χ3v) is 2.45. The third kappa shape index (κ3) is 5.21. The first-order chi connectivity index (χ1) is 8.49. The third-order valence-electron chi connectivity index (χ3n) is 2.45. The summed E-state index contributed by atoms with van der Waals surface area (Å²) in [7, 11) is 0. The Hall–Kier alpha value is -1.52. The van der Waals surface area contributed by atoms with Gasteiger partial charge in [0.05, 0.1) is 0 Å². The van der Waals surface area contributed by atoms with Crippen molar-refractivity contribution in [2.24, 2.45) is 22.6 Å². The number of imidazole rings is 1. The number of nitrogens with one attached hydrogen (secondary N) is 1. The maximum atomic E-state index is 5.79. The summed E-state index contributed by atoms with van der Waals surface area (Å²) in [6.07, 6.45) is 3.80. The summed E-state index contributed by atoms with van der Waals surface area (Å²) in [6.45, 7) is 11.0. The van der Waals surface area contributed by atoms with Gasteiger partial charge in [-0.05, 0) is 11.8 Å². The highest BCUT2D eigenvalue weighted by atomic mass is 15.1. The van der Waals surface area contributed by atoms with Crippen molar-refractivity contribution in [2.75, 3.05) is 6.54 Å². The van der Waals surface area contributed by atoms with Gasteiger partial charge in [0.1, 0.15) is 12.4 Å². The average Bonchev–Trinajstić information content (AvgIpc) is 2.70. The molecular weight excluding hydrogens is 226 g/mol. The second-order valence-corrected chi connectivity index (χ2v) is 5.37. The van der Waals surface area contributed by atoms with Crippen molar-refractivity contribution >= 4 is 5.96 Å². The van der Waals surface area contributed by atoms with E-state index in [4.69, 9.17) is 5.73 Å². The van der Waals surface area contributed by atoms with Gasteiger partial charge in [-0.25, -0.2) is 9.98 Å². The fourth-order valence-electron chi connectivity index (χ4n) is 1.57. The van der Waals surface area contributed by atoms with Crippen LogP contribution in [0.15, 0.2) is 17.4 Å². The molecule has 1 rings (SSSR count). The molecule has 0 aromatic carbocycles. The van der Waals surface area contributed by atoms with E-state index in [2.05, 4.69) is 47.6 Å². The van der Waals surface area contributed by atoms with Crippen molar-refractivity contribution in [1.82, 2.24) is 14.9 Å². The van der Waals surface area contributed by atoms with Crippen LogP contribution >= 0.6 is 0 Å². The van der Waals surface area contributed by atoms with Gasteiger partial charge in [0, 0.05) is 25.5 Å². The molecule has 0 bridgehead atoms. The Labute approximate surface area is 110 Å². The minimum atomic E-state index is 0.489. The highest BCUT2D eigenvalue weighted by Gasteiger charge is 2.04. The van der Waals surface area contributed by atoms with E-state index in [0.29, 0.717) is 24.3 Å². The largest absolute Gasteiger partial charge is 0.370 e. The maximum absolute atomic E-state index is 5.79. The quantitative estimate of drug-likeness (QED) is 0.596. The second-order valence-electron chi connectivity index (χ2n) is 5.37. The highest BCUT2D eigenvalue weighted by molar-refractivity contribution is 5.77. The van der Waals surface area contributed by atoms with Gasteiger partial charge >= 0.3 is 0 Å². The average molecular weight is 251 g/mol. The molecule has 1 aromatic heterocycles. The molecule has 0 unspecified atom stereocenters. The molecule has 0 saturated carbocycles. The van der Waals surface area contributed by atoms with Crippen LogP contribution in [0.1, 0.15) is 33.5 Å². The number of rotatable bonds is 6. The number of hydrogen-bond acceptors (Lipinski definition) is 2. The summed E-state index contributed by atoms with van der Waals surface area (Å²) in [5, 5.41) is 3.10. The summed E-state index contributed by atoms with van der Waals surface area (Å²) in [5.74, 6) is 2.60. The van der Waals surface area contributed by atoms with Crippen molar-refractivity contribution in [1.29, 1.82) is 0 Å². The second kappa shape index (κ2) is 7.03. The molecule has 0 aliphatic heterocycles. The molecule has 0 aliphatic carbocycles. The fourth-order valence-corrected chi connectivity index (χ4v) is 1.57. The first kappa shape index (κ1) is 14.5. The molecule has 1 aromatic rings. The molecule has 0 amide bonds. The lowest BCUT2D eigenvalue weighted by Gasteiger charge is -2.10. The first-order valence-corrected chi connectivity index (χ1v) is 6.52. The van der Waals surface area contributed by atoms with E-state index in [9.17, 15) is 0 Å². The number of hydrogen-bond donors (Lipinski definition) is 2. The SMILES string of the molecule is CC(C)CNC(N)=NCc1nccn1CC(C)C. The number of nitrogens with two attached hydrogens (primary N) is 1. The predicted molar refractivity (Wildman–Crippen MR) is 75.2 cm³/mol. The van der Waals surface area contributed by atoms with Crippen LogP contribution in [0, 0.1) is 11.8 Å². The molecule has 102 valence electrons. The monoisotopic (exact) mass is 251 g/mol. The highest BCUT2D eigenvalue weighted by Crippen LogP contribution is 2.04. The molecule has 0 fully saturated rings. The Morgan fingerprint density at radius 3 is 2.72 bits per heavy atom.